The summed E-state index contributed by atoms with van der Waals surface area (Å²) < 4.78 is 5.43. The maximum atomic E-state index is 14.0. The molecular weight excluding hydrogens is 466 g/mol. The van der Waals surface area contributed by atoms with Crippen molar-refractivity contribution in [2.75, 3.05) is 6.54 Å². The molecule has 0 heterocycles. The molecule has 2 atom stereocenters. The quantitative estimate of drug-likeness (QED) is 0.446. The number of ether oxygens (including phenoxy) is 1. The van der Waals surface area contributed by atoms with Crippen LogP contribution in [0.5, 0.6) is 0 Å². The molecule has 7 nitrogen and oxygen atoms in total. The van der Waals surface area contributed by atoms with Crippen molar-refractivity contribution in [1.82, 2.24) is 15.5 Å². The molecule has 202 valence electrons. The molecule has 2 N–H and O–H groups in total. The van der Waals surface area contributed by atoms with Crippen LogP contribution in [0.15, 0.2) is 48.5 Å². The average Bonchev–Trinajstić information content (AvgIpc) is 2.80. The molecule has 0 spiro atoms. The Labute approximate surface area is 222 Å². The van der Waals surface area contributed by atoms with Crippen molar-refractivity contribution in [3.05, 3.63) is 70.8 Å². The number of nitrogens with zero attached hydrogens (tertiary/aromatic N) is 1. The Balaban J connectivity index is 2.42. The third-order valence-electron chi connectivity index (χ3n) is 5.91. The molecule has 0 aliphatic rings. The van der Waals surface area contributed by atoms with E-state index in [0.717, 1.165) is 22.3 Å². The van der Waals surface area contributed by atoms with Gasteiger partial charge in [0.2, 0.25) is 11.8 Å². The molecule has 3 amide bonds. The summed E-state index contributed by atoms with van der Waals surface area (Å²) in [6.07, 6.45) is -0.237. The molecule has 0 aliphatic carbocycles. The maximum absolute atomic E-state index is 14.0. The number of carbonyl (C=O) groups is 3. The van der Waals surface area contributed by atoms with E-state index in [-0.39, 0.29) is 17.7 Å². The number of alkyl carbamates (subject to hydrolysis) is 1. The number of amides is 3. The zero-order valence-electron chi connectivity index (χ0n) is 23.6. The predicted molar refractivity (Wildman–Crippen MR) is 147 cm³/mol. The summed E-state index contributed by atoms with van der Waals surface area (Å²) in [6, 6.07) is 13.8. The topological polar surface area (TPSA) is 87.7 Å². The fourth-order valence-corrected chi connectivity index (χ4v) is 4.27. The summed E-state index contributed by atoms with van der Waals surface area (Å²) in [7, 11) is 0. The van der Waals surface area contributed by atoms with Gasteiger partial charge in [0.25, 0.3) is 0 Å². The number of nitrogens with one attached hydrogen (secondary N) is 2. The lowest BCUT2D eigenvalue weighted by molar-refractivity contribution is -0.142. The highest BCUT2D eigenvalue weighted by Crippen LogP contribution is 2.27. The van der Waals surface area contributed by atoms with Gasteiger partial charge in [0.05, 0.1) is 0 Å². The minimum absolute atomic E-state index is 0.133. The van der Waals surface area contributed by atoms with Crippen LogP contribution in [-0.4, -0.2) is 41.0 Å². The maximum Gasteiger partial charge on any atom is 0.408 e. The van der Waals surface area contributed by atoms with E-state index in [2.05, 4.69) is 10.6 Å². The second-order valence-corrected chi connectivity index (χ2v) is 10.9. The summed E-state index contributed by atoms with van der Waals surface area (Å²) in [6.45, 7) is 15.7. The van der Waals surface area contributed by atoms with Crippen LogP contribution in [-0.2, 0) is 20.9 Å². The number of carbonyl (C=O) groups excluding carboxylic acids is 3. The van der Waals surface area contributed by atoms with E-state index >= 15 is 0 Å². The zero-order chi connectivity index (χ0) is 27.8. The van der Waals surface area contributed by atoms with Gasteiger partial charge < -0.3 is 20.3 Å². The minimum atomic E-state index is -0.850. The number of hydrogen-bond acceptors (Lipinski definition) is 4. The number of aryl methyl sites for hydroxylation is 2. The molecule has 0 fully saturated rings. The Morgan fingerprint density at radius 3 is 2.19 bits per heavy atom. The zero-order valence-corrected chi connectivity index (χ0v) is 23.6. The van der Waals surface area contributed by atoms with E-state index in [4.69, 9.17) is 4.74 Å². The Kier molecular flexibility index (Phi) is 10.7. The Morgan fingerprint density at radius 1 is 1.00 bits per heavy atom. The SMILES string of the molecule is CCN(C(=O)C(CC(C)C)NC(=O)OC(C)(C)C)C(C(=O)NCc1ccccc1)c1ccc(C)cc1C. The van der Waals surface area contributed by atoms with Crippen LogP contribution in [0.4, 0.5) is 4.79 Å². The van der Waals surface area contributed by atoms with Crippen LogP contribution in [0.3, 0.4) is 0 Å². The standard InChI is InChI=1S/C30H43N3O4/c1-9-33(28(35)25(17-20(2)3)32-29(36)37-30(6,7)8)26(24-16-15-21(4)18-22(24)5)27(34)31-19-23-13-11-10-12-14-23/h10-16,18,20,25-26H,9,17,19H2,1-8H3,(H,31,34)(H,32,36). The van der Waals surface area contributed by atoms with Gasteiger partial charge in [0, 0.05) is 13.1 Å². The summed E-state index contributed by atoms with van der Waals surface area (Å²) in [4.78, 5) is 41.8. The number of likely N-dealkylation sites (N-methyl/N-ethyl adjacent to an activating group) is 1. The molecule has 2 unspecified atom stereocenters. The van der Waals surface area contributed by atoms with Crippen molar-refractivity contribution < 1.29 is 19.1 Å². The molecule has 0 saturated carbocycles. The van der Waals surface area contributed by atoms with Gasteiger partial charge in [0.15, 0.2) is 0 Å². The van der Waals surface area contributed by atoms with Crippen molar-refractivity contribution in [2.24, 2.45) is 5.92 Å². The van der Waals surface area contributed by atoms with Gasteiger partial charge in [0.1, 0.15) is 17.7 Å². The highest BCUT2D eigenvalue weighted by Gasteiger charge is 2.36. The first-order valence-electron chi connectivity index (χ1n) is 13.0. The van der Waals surface area contributed by atoms with E-state index in [9.17, 15) is 14.4 Å². The Morgan fingerprint density at radius 2 is 1.65 bits per heavy atom. The Bertz CT molecular complexity index is 1060. The molecule has 2 rings (SSSR count). The fourth-order valence-electron chi connectivity index (χ4n) is 4.27. The first-order chi connectivity index (χ1) is 17.3. The second kappa shape index (κ2) is 13.3. The van der Waals surface area contributed by atoms with Gasteiger partial charge in [-0.15, -0.1) is 0 Å². The largest absolute Gasteiger partial charge is 0.444 e. The van der Waals surface area contributed by atoms with Gasteiger partial charge in [-0.3, -0.25) is 9.59 Å². The molecule has 37 heavy (non-hydrogen) atoms. The van der Waals surface area contributed by atoms with Crippen LogP contribution in [0, 0.1) is 19.8 Å². The molecule has 0 aliphatic heterocycles. The first kappa shape index (κ1) is 29.9. The van der Waals surface area contributed by atoms with Gasteiger partial charge >= 0.3 is 6.09 Å². The molecule has 2 aromatic rings. The van der Waals surface area contributed by atoms with Crippen LogP contribution in [0.1, 0.15) is 76.3 Å². The summed E-state index contributed by atoms with van der Waals surface area (Å²) >= 11 is 0. The average molecular weight is 510 g/mol. The van der Waals surface area contributed by atoms with E-state index < -0.39 is 23.8 Å². The Hall–Kier alpha value is -3.35. The molecule has 0 bridgehead atoms. The molecular formula is C30H43N3O4. The van der Waals surface area contributed by atoms with Gasteiger partial charge in [-0.25, -0.2) is 4.79 Å². The van der Waals surface area contributed by atoms with Crippen molar-refractivity contribution >= 4 is 17.9 Å². The lowest BCUT2D eigenvalue weighted by Gasteiger charge is -2.35. The summed E-state index contributed by atoms with van der Waals surface area (Å²) in [5.41, 5.74) is 3.02. The van der Waals surface area contributed by atoms with Crippen molar-refractivity contribution in [3.8, 4) is 0 Å². The molecule has 0 radical (unpaired) electrons. The van der Waals surface area contributed by atoms with Crippen LogP contribution >= 0.6 is 0 Å². The summed E-state index contributed by atoms with van der Waals surface area (Å²) in [5, 5.41) is 5.78. The number of rotatable bonds is 10. The van der Waals surface area contributed by atoms with E-state index in [1.807, 2.05) is 83.1 Å². The van der Waals surface area contributed by atoms with E-state index in [1.54, 1.807) is 25.7 Å². The van der Waals surface area contributed by atoms with Crippen molar-refractivity contribution in [1.29, 1.82) is 0 Å². The van der Waals surface area contributed by atoms with Crippen LogP contribution in [0.2, 0.25) is 0 Å². The highest BCUT2D eigenvalue weighted by atomic mass is 16.6. The molecule has 0 aromatic heterocycles. The highest BCUT2D eigenvalue weighted by molar-refractivity contribution is 5.92. The second-order valence-electron chi connectivity index (χ2n) is 10.9. The number of benzene rings is 2. The van der Waals surface area contributed by atoms with Crippen LogP contribution in [0.25, 0.3) is 0 Å². The predicted octanol–water partition coefficient (Wildman–Crippen LogP) is 5.45. The van der Waals surface area contributed by atoms with E-state index in [1.165, 1.54) is 0 Å². The van der Waals surface area contributed by atoms with Crippen LogP contribution < -0.4 is 10.6 Å². The smallest absolute Gasteiger partial charge is 0.408 e. The van der Waals surface area contributed by atoms with Gasteiger partial charge in [-0.1, -0.05) is 67.9 Å². The first-order valence-corrected chi connectivity index (χ1v) is 13.0. The normalized spacial score (nSPS) is 13.0. The lowest BCUT2D eigenvalue weighted by Crippen LogP contribution is -2.53. The fraction of sp³-hybridized carbons (Fsp3) is 0.500. The van der Waals surface area contributed by atoms with E-state index in [0.29, 0.717) is 19.5 Å². The molecule has 2 aromatic carbocycles. The lowest BCUT2D eigenvalue weighted by atomic mass is 9.95. The minimum Gasteiger partial charge on any atom is -0.444 e. The monoisotopic (exact) mass is 509 g/mol. The van der Waals surface area contributed by atoms with Crippen molar-refractivity contribution in [2.45, 2.75) is 86.0 Å². The summed E-state index contributed by atoms with van der Waals surface area (Å²) in [5.74, 6) is -0.456. The van der Waals surface area contributed by atoms with Crippen molar-refractivity contribution in [3.63, 3.8) is 0 Å². The van der Waals surface area contributed by atoms with Gasteiger partial charge in [-0.2, -0.15) is 0 Å². The third kappa shape index (κ3) is 9.23. The molecule has 7 heteroatoms. The number of hydrogen-bond donors (Lipinski definition) is 2. The van der Waals surface area contributed by atoms with Gasteiger partial charge in [-0.05, 0) is 70.6 Å². The third-order valence-corrected chi connectivity index (χ3v) is 5.91. The molecule has 0 saturated heterocycles.